The van der Waals surface area contributed by atoms with Crippen LogP contribution in [0.1, 0.15) is 57.4 Å². The number of Topliss-reactive ketones (excluding diaryl/α,β-unsaturated/α-hetero) is 2. The predicted octanol–water partition coefficient (Wildman–Crippen LogP) is 2.92. The van der Waals surface area contributed by atoms with E-state index in [2.05, 4.69) is 0 Å². The van der Waals surface area contributed by atoms with Crippen LogP contribution < -0.4 is 4.74 Å². The van der Waals surface area contributed by atoms with Crippen molar-refractivity contribution >= 4 is 23.5 Å². The van der Waals surface area contributed by atoms with Gasteiger partial charge in [-0.15, -0.1) is 0 Å². The summed E-state index contributed by atoms with van der Waals surface area (Å²) < 4.78 is 23.5. The summed E-state index contributed by atoms with van der Waals surface area (Å²) in [5, 5.41) is 20.3. The average molecular weight is 404 g/mol. The molecular formula is C20H17FO8. The molecule has 0 aliphatic rings. The van der Waals surface area contributed by atoms with E-state index in [0.29, 0.717) is 0 Å². The van der Waals surface area contributed by atoms with Gasteiger partial charge in [-0.3, -0.25) is 14.4 Å². The quantitative estimate of drug-likeness (QED) is 0.326. The van der Waals surface area contributed by atoms with Crippen LogP contribution in [0.25, 0.3) is 0 Å². The van der Waals surface area contributed by atoms with Gasteiger partial charge in [0.25, 0.3) is 0 Å². The Morgan fingerprint density at radius 2 is 1.48 bits per heavy atom. The Kier molecular flexibility index (Phi) is 6.32. The maximum Gasteiger partial charge on any atom is 0.340 e. The summed E-state index contributed by atoms with van der Waals surface area (Å²) >= 11 is 0. The number of aromatic hydroxyl groups is 2. The van der Waals surface area contributed by atoms with Gasteiger partial charge in [0.05, 0.1) is 16.7 Å². The predicted molar refractivity (Wildman–Crippen MR) is 96.6 cm³/mol. The van der Waals surface area contributed by atoms with E-state index in [4.69, 9.17) is 9.47 Å². The molecule has 2 N–H and O–H groups in total. The first-order chi connectivity index (χ1) is 13.6. The van der Waals surface area contributed by atoms with E-state index < -0.39 is 69.9 Å². The molecule has 2 aromatic rings. The highest BCUT2D eigenvalue weighted by Gasteiger charge is 2.34. The van der Waals surface area contributed by atoms with Crippen LogP contribution in [0.5, 0.6) is 17.2 Å². The van der Waals surface area contributed by atoms with Crippen molar-refractivity contribution in [2.24, 2.45) is 0 Å². The Bertz CT molecular complexity index is 1030. The molecule has 0 aliphatic carbocycles. The molecule has 0 fully saturated rings. The molecule has 0 saturated carbocycles. The molecule has 2 rings (SSSR count). The maximum atomic E-state index is 13.8. The number of ketones is 2. The van der Waals surface area contributed by atoms with Crippen LogP contribution in [0.4, 0.5) is 4.39 Å². The van der Waals surface area contributed by atoms with Gasteiger partial charge in [-0.05, 0) is 19.9 Å². The SMILES string of the molecule is CC(=O)Oc1c(O)c(O)c(C(C)=O)c(C(=O)OCc2ccccc2F)c1C(C)=O. The van der Waals surface area contributed by atoms with Crippen molar-refractivity contribution < 1.29 is 43.3 Å². The third-order valence-electron chi connectivity index (χ3n) is 3.87. The number of rotatable bonds is 6. The molecule has 152 valence electrons. The molecule has 0 saturated heterocycles. The van der Waals surface area contributed by atoms with E-state index in [0.717, 1.165) is 26.8 Å². The summed E-state index contributed by atoms with van der Waals surface area (Å²) in [5.41, 5.74) is -1.99. The van der Waals surface area contributed by atoms with Crippen molar-refractivity contribution in [1.82, 2.24) is 0 Å². The highest BCUT2D eigenvalue weighted by Crippen LogP contribution is 2.45. The number of phenols is 2. The van der Waals surface area contributed by atoms with Crippen LogP contribution in [-0.4, -0.2) is 33.7 Å². The molecule has 2 aromatic carbocycles. The topological polar surface area (TPSA) is 127 Å². The Balaban J connectivity index is 2.66. The minimum Gasteiger partial charge on any atom is -0.504 e. The van der Waals surface area contributed by atoms with Gasteiger partial charge in [0.15, 0.2) is 23.1 Å². The number of phenolic OH excluding ortho intramolecular Hbond substituents is 2. The number of hydrogen-bond donors (Lipinski definition) is 2. The number of ether oxygens (including phenoxy) is 2. The molecule has 0 aromatic heterocycles. The van der Waals surface area contributed by atoms with Gasteiger partial charge in [-0.2, -0.15) is 0 Å². The molecule has 0 bridgehead atoms. The zero-order valence-corrected chi connectivity index (χ0v) is 15.7. The Labute approximate surface area is 164 Å². The van der Waals surface area contributed by atoms with Crippen molar-refractivity contribution in [2.45, 2.75) is 27.4 Å². The number of halogens is 1. The second kappa shape index (κ2) is 8.51. The van der Waals surface area contributed by atoms with Crippen LogP contribution in [0.15, 0.2) is 24.3 Å². The minimum absolute atomic E-state index is 0.0257. The minimum atomic E-state index is -1.26. The van der Waals surface area contributed by atoms with E-state index in [1.54, 1.807) is 0 Å². The third kappa shape index (κ3) is 4.40. The molecule has 8 nitrogen and oxygen atoms in total. The fourth-order valence-corrected chi connectivity index (χ4v) is 2.66. The second-order valence-corrected chi connectivity index (χ2v) is 6.02. The van der Waals surface area contributed by atoms with Gasteiger partial charge in [-0.25, -0.2) is 9.18 Å². The lowest BCUT2D eigenvalue weighted by molar-refractivity contribution is -0.132. The molecule has 0 heterocycles. The van der Waals surface area contributed by atoms with Gasteiger partial charge in [0.2, 0.25) is 5.75 Å². The largest absolute Gasteiger partial charge is 0.504 e. The smallest absolute Gasteiger partial charge is 0.340 e. The molecule has 0 radical (unpaired) electrons. The second-order valence-electron chi connectivity index (χ2n) is 6.02. The summed E-state index contributed by atoms with van der Waals surface area (Å²) in [6.07, 6.45) is 0. The van der Waals surface area contributed by atoms with Gasteiger partial charge >= 0.3 is 11.9 Å². The first-order valence-corrected chi connectivity index (χ1v) is 8.28. The van der Waals surface area contributed by atoms with Gasteiger partial charge < -0.3 is 19.7 Å². The van der Waals surface area contributed by atoms with Crippen molar-refractivity contribution in [3.8, 4) is 17.2 Å². The summed E-state index contributed by atoms with van der Waals surface area (Å²) in [6.45, 7) is 2.41. The summed E-state index contributed by atoms with van der Waals surface area (Å²) in [5.74, 6) is -7.48. The van der Waals surface area contributed by atoms with Crippen LogP contribution in [0, 0.1) is 5.82 Å². The lowest BCUT2D eigenvalue weighted by Gasteiger charge is -2.18. The van der Waals surface area contributed by atoms with E-state index in [1.165, 1.54) is 18.2 Å². The van der Waals surface area contributed by atoms with Crippen LogP contribution >= 0.6 is 0 Å². The van der Waals surface area contributed by atoms with E-state index in [-0.39, 0.29) is 5.56 Å². The zero-order chi connectivity index (χ0) is 21.9. The first kappa shape index (κ1) is 21.5. The highest BCUT2D eigenvalue weighted by molar-refractivity contribution is 6.16. The fourth-order valence-electron chi connectivity index (χ4n) is 2.66. The Morgan fingerprint density at radius 3 is 2.00 bits per heavy atom. The zero-order valence-electron chi connectivity index (χ0n) is 15.7. The normalized spacial score (nSPS) is 10.3. The number of hydrogen-bond acceptors (Lipinski definition) is 8. The van der Waals surface area contributed by atoms with Gasteiger partial charge in [0.1, 0.15) is 12.4 Å². The fraction of sp³-hybridized carbons (Fsp3) is 0.200. The van der Waals surface area contributed by atoms with Crippen molar-refractivity contribution in [2.75, 3.05) is 0 Å². The van der Waals surface area contributed by atoms with Crippen molar-refractivity contribution in [3.05, 3.63) is 52.3 Å². The number of esters is 2. The van der Waals surface area contributed by atoms with Crippen LogP contribution in [-0.2, 0) is 16.1 Å². The summed E-state index contributed by atoms with van der Waals surface area (Å²) in [7, 11) is 0. The lowest BCUT2D eigenvalue weighted by atomic mass is 9.93. The van der Waals surface area contributed by atoms with E-state index >= 15 is 0 Å². The molecule has 0 unspecified atom stereocenters. The molecule has 0 atom stereocenters. The van der Waals surface area contributed by atoms with Crippen LogP contribution in [0.3, 0.4) is 0 Å². The molecular weight excluding hydrogens is 387 g/mol. The third-order valence-corrected chi connectivity index (χ3v) is 3.87. The van der Waals surface area contributed by atoms with E-state index in [9.17, 15) is 33.8 Å². The van der Waals surface area contributed by atoms with Crippen molar-refractivity contribution in [1.29, 1.82) is 0 Å². The molecule has 0 amide bonds. The number of benzene rings is 2. The number of carbonyl (C=O) groups excluding carboxylic acids is 4. The van der Waals surface area contributed by atoms with Gasteiger partial charge in [0, 0.05) is 12.5 Å². The molecule has 9 heteroatoms. The highest BCUT2D eigenvalue weighted by atomic mass is 19.1. The van der Waals surface area contributed by atoms with Crippen molar-refractivity contribution in [3.63, 3.8) is 0 Å². The molecule has 0 aliphatic heterocycles. The Morgan fingerprint density at radius 1 is 0.897 bits per heavy atom. The maximum absolute atomic E-state index is 13.8. The first-order valence-electron chi connectivity index (χ1n) is 8.28. The Hall–Kier alpha value is -3.75. The number of carbonyl (C=O) groups is 4. The van der Waals surface area contributed by atoms with Gasteiger partial charge in [-0.1, -0.05) is 18.2 Å². The molecule has 29 heavy (non-hydrogen) atoms. The summed E-state index contributed by atoms with van der Waals surface area (Å²) in [6, 6.07) is 5.46. The monoisotopic (exact) mass is 404 g/mol. The summed E-state index contributed by atoms with van der Waals surface area (Å²) in [4.78, 5) is 48.2. The van der Waals surface area contributed by atoms with E-state index in [1.807, 2.05) is 0 Å². The molecule has 0 spiro atoms. The van der Waals surface area contributed by atoms with Crippen LogP contribution in [0.2, 0.25) is 0 Å². The average Bonchev–Trinajstić information content (AvgIpc) is 2.63. The lowest BCUT2D eigenvalue weighted by Crippen LogP contribution is -2.18. The standard InChI is InChI=1S/C20H17FO8/c1-9(22)14-16(20(27)28-8-12-6-4-5-7-13(12)21)15(10(2)23)19(29-11(3)24)18(26)17(14)25/h4-7,25-26H,8H2,1-3H3.